The van der Waals surface area contributed by atoms with Gasteiger partial charge in [-0.2, -0.15) is 0 Å². The molecule has 14 heavy (non-hydrogen) atoms. The van der Waals surface area contributed by atoms with Crippen LogP contribution in [0.5, 0.6) is 0 Å². The molecule has 0 unspecified atom stereocenters. The Bertz CT molecular complexity index is 310. The summed E-state index contributed by atoms with van der Waals surface area (Å²) < 4.78 is 0. The third-order valence-electron chi connectivity index (χ3n) is 2.18. The molecule has 1 N–H and O–H groups in total. The number of aliphatic hydroxyl groups is 1. The lowest BCUT2D eigenvalue weighted by molar-refractivity contribution is 0.298. The molecule has 78 valence electrons. The predicted molar refractivity (Wildman–Crippen MR) is 65.5 cm³/mol. The molecule has 0 heterocycles. The normalized spacial score (nSPS) is 10.6. The number of aliphatic hydroxyl groups excluding tert-OH is 1. The van der Waals surface area contributed by atoms with Gasteiger partial charge in [-0.1, -0.05) is 0 Å². The van der Waals surface area contributed by atoms with Crippen molar-refractivity contribution in [1.82, 2.24) is 0 Å². The van der Waals surface area contributed by atoms with Crippen LogP contribution < -0.4 is 0 Å². The Hall–Kier alpha value is -0.120. The van der Waals surface area contributed by atoms with Crippen molar-refractivity contribution in [3.63, 3.8) is 0 Å². The number of hydrogen-bond donors (Lipinski definition) is 1. The standard InChI is InChI=1S/C11H16OS2/c1-8-6-11(14-3)9(4-5-12)7-10(8)13-2/h6-7,12H,4-5H2,1-3H3. The topological polar surface area (TPSA) is 20.2 Å². The smallest absolute Gasteiger partial charge is 0.0471 e. The van der Waals surface area contributed by atoms with Crippen LogP contribution in [0.4, 0.5) is 0 Å². The van der Waals surface area contributed by atoms with Crippen molar-refractivity contribution in [2.75, 3.05) is 19.1 Å². The summed E-state index contributed by atoms with van der Waals surface area (Å²) in [5, 5.41) is 8.96. The Morgan fingerprint density at radius 1 is 1.14 bits per heavy atom. The molecule has 0 saturated carbocycles. The minimum atomic E-state index is 0.227. The first-order chi connectivity index (χ1) is 6.72. The van der Waals surface area contributed by atoms with Crippen molar-refractivity contribution in [3.8, 4) is 0 Å². The average molecular weight is 228 g/mol. The highest BCUT2D eigenvalue weighted by atomic mass is 32.2. The summed E-state index contributed by atoms with van der Waals surface area (Å²) in [5.74, 6) is 0. The Balaban J connectivity index is 3.11. The first-order valence-corrected chi connectivity index (χ1v) is 7.00. The van der Waals surface area contributed by atoms with Gasteiger partial charge in [-0.15, -0.1) is 23.5 Å². The molecule has 0 aliphatic carbocycles. The third-order valence-corrected chi connectivity index (χ3v) is 3.88. The van der Waals surface area contributed by atoms with Crippen LogP contribution in [-0.2, 0) is 6.42 Å². The minimum absolute atomic E-state index is 0.227. The predicted octanol–water partition coefficient (Wildman–Crippen LogP) is 2.97. The molecule has 0 aromatic heterocycles. The molecular formula is C11H16OS2. The second kappa shape index (κ2) is 5.69. The van der Waals surface area contributed by atoms with E-state index < -0.39 is 0 Å². The van der Waals surface area contributed by atoms with Crippen molar-refractivity contribution in [2.24, 2.45) is 0 Å². The van der Waals surface area contributed by atoms with Gasteiger partial charge in [0.15, 0.2) is 0 Å². The molecule has 0 saturated heterocycles. The molecule has 0 bridgehead atoms. The van der Waals surface area contributed by atoms with Crippen LogP contribution in [0.25, 0.3) is 0 Å². The zero-order valence-corrected chi connectivity index (χ0v) is 10.5. The van der Waals surface area contributed by atoms with Gasteiger partial charge in [-0.3, -0.25) is 0 Å². The monoisotopic (exact) mass is 228 g/mol. The zero-order valence-electron chi connectivity index (χ0n) is 8.83. The summed E-state index contributed by atoms with van der Waals surface area (Å²) in [6, 6.07) is 4.41. The highest BCUT2D eigenvalue weighted by Gasteiger charge is 2.05. The lowest BCUT2D eigenvalue weighted by Crippen LogP contribution is -1.95. The minimum Gasteiger partial charge on any atom is -0.396 e. The summed E-state index contributed by atoms with van der Waals surface area (Å²) >= 11 is 3.51. The van der Waals surface area contributed by atoms with Crippen molar-refractivity contribution >= 4 is 23.5 Å². The summed E-state index contributed by atoms with van der Waals surface area (Å²) in [6.07, 6.45) is 4.92. The maximum atomic E-state index is 8.96. The SMILES string of the molecule is CSc1cc(CCO)c(SC)cc1C. The number of aryl methyl sites for hydroxylation is 1. The molecule has 1 rings (SSSR count). The van der Waals surface area contributed by atoms with Crippen LogP contribution in [0.15, 0.2) is 21.9 Å². The molecular weight excluding hydrogens is 212 g/mol. The first kappa shape index (κ1) is 12.0. The largest absolute Gasteiger partial charge is 0.396 e. The fourth-order valence-corrected chi connectivity index (χ4v) is 2.79. The first-order valence-electron chi connectivity index (χ1n) is 4.55. The van der Waals surface area contributed by atoms with Crippen LogP contribution >= 0.6 is 23.5 Å². The van der Waals surface area contributed by atoms with E-state index in [1.54, 1.807) is 23.5 Å². The zero-order chi connectivity index (χ0) is 10.6. The number of thioether (sulfide) groups is 2. The van der Waals surface area contributed by atoms with E-state index in [0.717, 1.165) is 6.42 Å². The summed E-state index contributed by atoms with van der Waals surface area (Å²) in [7, 11) is 0. The molecule has 0 amide bonds. The van der Waals surface area contributed by atoms with E-state index in [2.05, 4.69) is 31.6 Å². The lowest BCUT2D eigenvalue weighted by Gasteiger charge is -2.10. The molecule has 0 aliphatic rings. The van der Waals surface area contributed by atoms with Gasteiger partial charge in [0.2, 0.25) is 0 Å². The van der Waals surface area contributed by atoms with Crippen LogP contribution in [0, 0.1) is 6.92 Å². The van der Waals surface area contributed by atoms with Crippen molar-refractivity contribution < 1.29 is 5.11 Å². The van der Waals surface area contributed by atoms with Crippen molar-refractivity contribution in [2.45, 2.75) is 23.1 Å². The van der Waals surface area contributed by atoms with Gasteiger partial charge in [0, 0.05) is 16.4 Å². The Labute approximate surface area is 94.3 Å². The van der Waals surface area contributed by atoms with Gasteiger partial charge < -0.3 is 5.11 Å². The maximum absolute atomic E-state index is 8.96. The molecule has 0 fully saturated rings. The van der Waals surface area contributed by atoms with Crippen LogP contribution in [0.2, 0.25) is 0 Å². The molecule has 0 aliphatic heterocycles. The van der Waals surface area contributed by atoms with E-state index in [-0.39, 0.29) is 6.61 Å². The van der Waals surface area contributed by atoms with E-state index in [1.807, 2.05) is 0 Å². The third kappa shape index (κ3) is 2.69. The van der Waals surface area contributed by atoms with E-state index in [1.165, 1.54) is 20.9 Å². The van der Waals surface area contributed by atoms with Crippen molar-refractivity contribution in [3.05, 3.63) is 23.3 Å². The van der Waals surface area contributed by atoms with Gasteiger partial charge in [0.05, 0.1) is 0 Å². The molecule has 3 heteroatoms. The number of rotatable bonds is 4. The van der Waals surface area contributed by atoms with E-state index >= 15 is 0 Å². The van der Waals surface area contributed by atoms with Crippen molar-refractivity contribution in [1.29, 1.82) is 0 Å². The van der Waals surface area contributed by atoms with Gasteiger partial charge in [0.1, 0.15) is 0 Å². The molecule has 1 aromatic carbocycles. The van der Waals surface area contributed by atoms with Gasteiger partial charge in [-0.25, -0.2) is 0 Å². The van der Waals surface area contributed by atoms with E-state index in [0.29, 0.717) is 0 Å². The Morgan fingerprint density at radius 2 is 1.79 bits per heavy atom. The quantitative estimate of drug-likeness (QED) is 0.800. The maximum Gasteiger partial charge on any atom is 0.0471 e. The fraction of sp³-hybridized carbons (Fsp3) is 0.455. The van der Waals surface area contributed by atoms with Gasteiger partial charge in [0.25, 0.3) is 0 Å². The molecule has 1 aromatic rings. The van der Waals surface area contributed by atoms with Gasteiger partial charge in [-0.05, 0) is 49.1 Å². The van der Waals surface area contributed by atoms with Crippen LogP contribution in [0.1, 0.15) is 11.1 Å². The Kier molecular flexibility index (Phi) is 4.85. The summed E-state index contributed by atoms with van der Waals surface area (Å²) in [4.78, 5) is 2.60. The lowest BCUT2D eigenvalue weighted by atomic mass is 10.1. The molecule has 0 atom stereocenters. The van der Waals surface area contributed by atoms with Gasteiger partial charge >= 0.3 is 0 Å². The van der Waals surface area contributed by atoms with Crippen LogP contribution in [0.3, 0.4) is 0 Å². The molecule has 0 radical (unpaired) electrons. The van der Waals surface area contributed by atoms with E-state index in [9.17, 15) is 0 Å². The van der Waals surface area contributed by atoms with Crippen LogP contribution in [-0.4, -0.2) is 24.2 Å². The summed E-state index contributed by atoms with van der Waals surface area (Å²) in [6.45, 7) is 2.36. The van der Waals surface area contributed by atoms with E-state index in [4.69, 9.17) is 5.11 Å². The highest BCUT2D eigenvalue weighted by molar-refractivity contribution is 7.99. The summed E-state index contributed by atoms with van der Waals surface area (Å²) in [5.41, 5.74) is 2.58. The molecule has 1 nitrogen and oxygen atoms in total. The Morgan fingerprint density at radius 3 is 2.29 bits per heavy atom. The fourth-order valence-electron chi connectivity index (χ4n) is 1.43. The second-order valence-corrected chi connectivity index (χ2v) is 4.80. The number of benzene rings is 1. The number of hydrogen-bond acceptors (Lipinski definition) is 3. The second-order valence-electron chi connectivity index (χ2n) is 3.11. The molecule has 0 spiro atoms. The highest BCUT2D eigenvalue weighted by Crippen LogP contribution is 2.29. The average Bonchev–Trinajstić information content (AvgIpc) is 2.20.